The molecule has 0 saturated heterocycles. The topological polar surface area (TPSA) is 46.1 Å². The van der Waals surface area contributed by atoms with Gasteiger partial charge in [-0.15, -0.1) is 11.8 Å². The van der Waals surface area contributed by atoms with Gasteiger partial charge in [0.1, 0.15) is 0 Å². The number of anilines is 1. The molecule has 2 heterocycles. The molecule has 2 aromatic heterocycles. The molecule has 0 N–H and O–H groups in total. The number of rotatable bonds is 4. The van der Waals surface area contributed by atoms with Gasteiger partial charge in [0.15, 0.2) is 0 Å². The van der Waals surface area contributed by atoms with Crippen molar-refractivity contribution in [3.63, 3.8) is 0 Å². The van der Waals surface area contributed by atoms with E-state index in [0.29, 0.717) is 12.1 Å². The molecule has 0 unspecified atom stereocenters. The summed E-state index contributed by atoms with van der Waals surface area (Å²) in [5, 5.41) is 0.904. The standard InChI is InChI=1S/C14H15N3OS/c1-3-17(12-5-4-8-15-10-12)14(18)11-6-7-13(19-2)16-9-11/h4-10H,3H2,1-2H3. The van der Waals surface area contributed by atoms with Crippen LogP contribution in [0.5, 0.6) is 0 Å². The van der Waals surface area contributed by atoms with Gasteiger partial charge in [-0.25, -0.2) is 4.98 Å². The van der Waals surface area contributed by atoms with Gasteiger partial charge in [0.05, 0.1) is 22.5 Å². The monoisotopic (exact) mass is 273 g/mol. The van der Waals surface area contributed by atoms with Gasteiger partial charge in [0, 0.05) is 18.9 Å². The van der Waals surface area contributed by atoms with Crippen molar-refractivity contribution in [2.45, 2.75) is 11.9 Å². The van der Waals surface area contributed by atoms with E-state index in [1.807, 2.05) is 31.4 Å². The highest BCUT2D eigenvalue weighted by molar-refractivity contribution is 7.98. The van der Waals surface area contributed by atoms with Gasteiger partial charge in [0.2, 0.25) is 0 Å². The van der Waals surface area contributed by atoms with Crippen molar-refractivity contribution in [2.24, 2.45) is 0 Å². The van der Waals surface area contributed by atoms with Crippen molar-refractivity contribution in [3.8, 4) is 0 Å². The maximum atomic E-state index is 12.4. The second kappa shape index (κ2) is 6.33. The number of hydrogen-bond donors (Lipinski definition) is 0. The van der Waals surface area contributed by atoms with Crippen molar-refractivity contribution >= 4 is 23.4 Å². The van der Waals surface area contributed by atoms with Crippen LogP contribution >= 0.6 is 11.8 Å². The zero-order valence-corrected chi connectivity index (χ0v) is 11.7. The smallest absolute Gasteiger partial charge is 0.259 e. The van der Waals surface area contributed by atoms with Crippen molar-refractivity contribution < 1.29 is 4.79 Å². The number of carbonyl (C=O) groups excluding carboxylic acids is 1. The largest absolute Gasteiger partial charge is 0.307 e. The molecule has 0 aliphatic heterocycles. The van der Waals surface area contributed by atoms with E-state index < -0.39 is 0 Å². The fourth-order valence-corrected chi connectivity index (χ4v) is 2.10. The molecule has 0 aromatic carbocycles. The molecule has 5 heteroatoms. The molecule has 0 saturated carbocycles. The van der Waals surface area contributed by atoms with Crippen LogP contribution < -0.4 is 4.90 Å². The molecule has 0 aliphatic carbocycles. The van der Waals surface area contributed by atoms with E-state index in [4.69, 9.17) is 0 Å². The fourth-order valence-electron chi connectivity index (χ4n) is 1.74. The summed E-state index contributed by atoms with van der Waals surface area (Å²) in [6.45, 7) is 2.53. The number of pyridine rings is 2. The van der Waals surface area contributed by atoms with Crippen LogP contribution in [0.15, 0.2) is 47.9 Å². The molecule has 98 valence electrons. The Hall–Kier alpha value is -1.88. The second-order valence-corrected chi connectivity index (χ2v) is 4.68. The highest BCUT2D eigenvalue weighted by Crippen LogP contribution is 2.17. The van der Waals surface area contributed by atoms with Crippen LogP contribution in [0.2, 0.25) is 0 Å². The quantitative estimate of drug-likeness (QED) is 0.804. The molecular formula is C14H15N3OS. The second-order valence-electron chi connectivity index (χ2n) is 3.85. The first-order chi connectivity index (χ1) is 9.26. The van der Waals surface area contributed by atoms with Crippen molar-refractivity contribution in [1.82, 2.24) is 9.97 Å². The van der Waals surface area contributed by atoms with E-state index in [2.05, 4.69) is 9.97 Å². The summed E-state index contributed by atoms with van der Waals surface area (Å²) >= 11 is 1.55. The van der Waals surface area contributed by atoms with Crippen molar-refractivity contribution in [1.29, 1.82) is 0 Å². The van der Waals surface area contributed by atoms with E-state index in [1.165, 1.54) is 0 Å². The average molecular weight is 273 g/mol. The number of carbonyl (C=O) groups is 1. The number of hydrogen-bond acceptors (Lipinski definition) is 4. The maximum Gasteiger partial charge on any atom is 0.259 e. The van der Waals surface area contributed by atoms with Crippen LogP contribution in [0.25, 0.3) is 0 Å². The molecule has 0 fully saturated rings. The van der Waals surface area contributed by atoms with Crippen LogP contribution in [-0.4, -0.2) is 28.7 Å². The predicted octanol–water partition coefficient (Wildman–Crippen LogP) is 2.87. The Bertz CT molecular complexity index is 542. The third-order valence-electron chi connectivity index (χ3n) is 2.71. The van der Waals surface area contributed by atoms with Crippen LogP contribution in [0, 0.1) is 0 Å². The number of aromatic nitrogens is 2. The zero-order valence-electron chi connectivity index (χ0n) is 10.9. The number of nitrogens with zero attached hydrogens (tertiary/aromatic N) is 3. The van der Waals surface area contributed by atoms with E-state index >= 15 is 0 Å². The molecule has 2 rings (SSSR count). The molecule has 4 nitrogen and oxygen atoms in total. The Morgan fingerprint density at radius 2 is 2.16 bits per heavy atom. The highest BCUT2D eigenvalue weighted by atomic mass is 32.2. The summed E-state index contributed by atoms with van der Waals surface area (Å²) in [6, 6.07) is 7.35. The lowest BCUT2D eigenvalue weighted by atomic mass is 10.2. The molecule has 0 aliphatic rings. The molecule has 2 aromatic rings. The lowest BCUT2D eigenvalue weighted by Crippen LogP contribution is -2.30. The molecular weight excluding hydrogens is 258 g/mol. The third kappa shape index (κ3) is 3.12. The van der Waals surface area contributed by atoms with E-state index in [-0.39, 0.29) is 5.91 Å². The van der Waals surface area contributed by atoms with Gasteiger partial charge in [-0.3, -0.25) is 9.78 Å². The summed E-state index contributed by atoms with van der Waals surface area (Å²) in [6.07, 6.45) is 6.95. The fraction of sp³-hybridized carbons (Fsp3) is 0.214. The van der Waals surface area contributed by atoms with Gasteiger partial charge >= 0.3 is 0 Å². The van der Waals surface area contributed by atoms with E-state index in [9.17, 15) is 4.79 Å². The van der Waals surface area contributed by atoms with Gasteiger partial charge in [-0.2, -0.15) is 0 Å². The summed E-state index contributed by atoms with van der Waals surface area (Å²) in [5.74, 6) is -0.0596. The summed E-state index contributed by atoms with van der Waals surface area (Å²) in [5.41, 5.74) is 1.38. The minimum Gasteiger partial charge on any atom is -0.307 e. The Labute approximate surface area is 116 Å². The van der Waals surface area contributed by atoms with Crippen LogP contribution in [-0.2, 0) is 0 Å². The Balaban J connectivity index is 2.25. The predicted molar refractivity (Wildman–Crippen MR) is 77.6 cm³/mol. The van der Waals surface area contributed by atoms with E-state index in [1.54, 1.807) is 41.3 Å². The molecule has 19 heavy (non-hydrogen) atoms. The van der Waals surface area contributed by atoms with Crippen LogP contribution in [0.4, 0.5) is 5.69 Å². The zero-order chi connectivity index (χ0) is 13.7. The summed E-state index contributed by atoms with van der Waals surface area (Å²) in [4.78, 5) is 22.4. The average Bonchev–Trinajstić information content (AvgIpc) is 2.49. The lowest BCUT2D eigenvalue weighted by Gasteiger charge is -2.20. The van der Waals surface area contributed by atoms with Crippen LogP contribution in [0.3, 0.4) is 0 Å². The number of thioether (sulfide) groups is 1. The minimum atomic E-state index is -0.0596. The molecule has 0 bridgehead atoms. The third-order valence-corrected chi connectivity index (χ3v) is 3.37. The molecule has 1 amide bonds. The first kappa shape index (κ1) is 13.5. The maximum absolute atomic E-state index is 12.4. The Morgan fingerprint density at radius 3 is 2.68 bits per heavy atom. The lowest BCUT2D eigenvalue weighted by molar-refractivity contribution is 0.0988. The molecule has 0 atom stereocenters. The number of amides is 1. The Morgan fingerprint density at radius 1 is 1.32 bits per heavy atom. The normalized spacial score (nSPS) is 10.2. The van der Waals surface area contributed by atoms with E-state index in [0.717, 1.165) is 10.7 Å². The van der Waals surface area contributed by atoms with Crippen molar-refractivity contribution in [3.05, 3.63) is 48.4 Å². The van der Waals surface area contributed by atoms with Gasteiger partial charge in [-0.05, 0) is 37.4 Å². The Kier molecular flexibility index (Phi) is 4.52. The first-order valence-corrected chi connectivity index (χ1v) is 7.20. The highest BCUT2D eigenvalue weighted by Gasteiger charge is 2.16. The summed E-state index contributed by atoms with van der Waals surface area (Å²) < 4.78 is 0. The molecule has 0 spiro atoms. The summed E-state index contributed by atoms with van der Waals surface area (Å²) in [7, 11) is 0. The first-order valence-electron chi connectivity index (χ1n) is 5.98. The van der Waals surface area contributed by atoms with Crippen molar-refractivity contribution in [2.75, 3.05) is 17.7 Å². The van der Waals surface area contributed by atoms with Gasteiger partial charge < -0.3 is 4.90 Å². The van der Waals surface area contributed by atoms with Gasteiger partial charge in [-0.1, -0.05) is 0 Å². The van der Waals surface area contributed by atoms with Crippen LogP contribution in [0.1, 0.15) is 17.3 Å². The minimum absolute atomic E-state index is 0.0596. The van der Waals surface area contributed by atoms with Gasteiger partial charge in [0.25, 0.3) is 5.91 Å². The SMILES string of the molecule is CCN(C(=O)c1ccc(SC)nc1)c1cccnc1. The molecule has 0 radical (unpaired) electrons.